The molecule has 0 unspecified atom stereocenters. The first-order valence-electron chi connectivity index (χ1n) is 9.48. The molecule has 0 aliphatic heterocycles. The summed E-state index contributed by atoms with van der Waals surface area (Å²) in [5, 5.41) is 9.81. The van der Waals surface area contributed by atoms with E-state index in [1.54, 1.807) is 39.5 Å². The zero-order chi connectivity index (χ0) is 22.2. The van der Waals surface area contributed by atoms with Gasteiger partial charge in [-0.15, -0.1) is 0 Å². The van der Waals surface area contributed by atoms with E-state index in [9.17, 15) is 5.26 Å². The van der Waals surface area contributed by atoms with Crippen LogP contribution in [0.15, 0.2) is 65.1 Å². The largest absolute Gasteiger partial charge is 0.493 e. The van der Waals surface area contributed by atoms with E-state index in [0.29, 0.717) is 40.7 Å². The van der Waals surface area contributed by atoms with E-state index in [1.807, 2.05) is 48.5 Å². The van der Waals surface area contributed by atoms with Gasteiger partial charge in [-0.05, 0) is 57.4 Å². The third-order valence-electron chi connectivity index (χ3n) is 4.62. The summed E-state index contributed by atoms with van der Waals surface area (Å²) in [7, 11) is 4.73. The van der Waals surface area contributed by atoms with Crippen LogP contribution in [-0.4, -0.2) is 21.3 Å². The van der Waals surface area contributed by atoms with Gasteiger partial charge in [0.05, 0.1) is 33.0 Å². The second kappa shape index (κ2) is 10.6. The van der Waals surface area contributed by atoms with Gasteiger partial charge in [-0.3, -0.25) is 0 Å². The van der Waals surface area contributed by atoms with Gasteiger partial charge in [0.25, 0.3) is 0 Å². The van der Waals surface area contributed by atoms with Gasteiger partial charge in [0.15, 0.2) is 23.0 Å². The fourth-order valence-electron chi connectivity index (χ4n) is 3.03. The number of rotatable bonds is 8. The van der Waals surface area contributed by atoms with Gasteiger partial charge in [-0.2, -0.15) is 5.26 Å². The number of nitriles is 1. The van der Waals surface area contributed by atoms with Crippen LogP contribution in [0.2, 0.25) is 0 Å². The summed E-state index contributed by atoms with van der Waals surface area (Å²) in [6, 6.07) is 21.2. The average molecular weight is 480 g/mol. The lowest BCUT2D eigenvalue weighted by Gasteiger charge is -2.14. The highest BCUT2D eigenvalue weighted by Gasteiger charge is 2.14. The first-order valence-corrected chi connectivity index (χ1v) is 10.3. The third kappa shape index (κ3) is 5.39. The quantitative estimate of drug-likeness (QED) is 0.287. The maximum atomic E-state index is 9.81. The summed E-state index contributed by atoms with van der Waals surface area (Å²) in [6.45, 7) is 0.412. The van der Waals surface area contributed by atoms with Crippen molar-refractivity contribution in [2.45, 2.75) is 6.61 Å². The van der Waals surface area contributed by atoms with E-state index >= 15 is 0 Å². The molecule has 0 spiro atoms. The first-order chi connectivity index (χ1) is 15.1. The van der Waals surface area contributed by atoms with Crippen LogP contribution in [0.4, 0.5) is 0 Å². The van der Waals surface area contributed by atoms with Gasteiger partial charge < -0.3 is 18.9 Å². The molecule has 0 saturated carbocycles. The number of halogens is 1. The molecule has 31 heavy (non-hydrogen) atoms. The molecular weight excluding hydrogens is 458 g/mol. The van der Waals surface area contributed by atoms with Crippen molar-refractivity contribution in [1.82, 2.24) is 0 Å². The van der Waals surface area contributed by atoms with Gasteiger partial charge in [-0.25, -0.2) is 0 Å². The first kappa shape index (κ1) is 22.3. The Balaban J connectivity index is 1.93. The zero-order valence-electron chi connectivity index (χ0n) is 17.5. The summed E-state index contributed by atoms with van der Waals surface area (Å²) in [5.41, 5.74) is 3.02. The second-order valence-corrected chi connectivity index (χ2v) is 7.40. The molecule has 0 saturated heterocycles. The summed E-state index contributed by atoms with van der Waals surface area (Å²) in [6.07, 6.45) is 1.78. The van der Waals surface area contributed by atoms with Crippen molar-refractivity contribution >= 4 is 27.6 Å². The van der Waals surface area contributed by atoms with Gasteiger partial charge in [0, 0.05) is 10.0 Å². The molecule has 0 radical (unpaired) electrons. The second-order valence-electron chi connectivity index (χ2n) is 6.54. The number of benzene rings is 3. The molecule has 0 aromatic heterocycles. The van der Waals surface area contributed by atoms with Crippen molar-refractivity contribution in [3.05, 3.63) is 81.8 Å². The van der Waals surface area contributed by atoms with Crippen LogP contribution in [0.3, 0.4) is 0 Å². The smallest absolute Gasteiger partial charge is 0.162 e. The van der Waals surface area contributed by atoms with E-state index in [2.05, 4.69) is 22.0 Å². The van der Waals surface area contributed by atoms with Gasteiger partial charge in [-0.1, -0.05) is 36.4 Å². The summed E-state index contributed by atoms with van der Waals surface area (Å²) >= 11 is 3.57. The minimum Gasteiger partial charge on any atom is -0.493 e. The third-order valence-corrected chi connectivity index (χ3v) is 5.28. The van der Waals surface area contributed by atoms with E-state index in [4.69, 9.17) is 18.9 Å². The molecular formula is C25H22BrNO4. The molecule has 0 aliphatic rings. The lowest BCUT2D eigenvalue weighted by Crippen LogP contribution is -1.99. The van der Waals surface area contributed by atoms with Crippen molar-refractivity contribution in [3.8, 4) is 29.1 Å². The molecule has 5 nitrogen and oxygen atoms in total. The zero-order valence-corrected chi connectivity index (χ0v) is 19.1. The Morgan fingerprint density at radius 3 is 2.19 bits per heavy atom. The number of methoxy groups -OCH3 is 3. The highest BCUT2D eigenvalue weighted by Crippen LogP contribution is 2.38. The molecule has 0 N–H and O–H groups in total. The number of allylic oxidation sites excluding steroid dienone is 1. The number of nitrogens with zero attached hydrogens (tertiary/aromatic N) is 1. The van der Waals surface area contributed by atoms with Gasteiger partial charge in [0.1, 0.15) is 6.61 Å². The maximum absolute atomic E-state index is 9.81. The number of hydrogen-bond acceptors (Lipinski definition) is 5. The predicted octanol–water partition coefficient (Wildman–Crippen LogP) is 6.12. The normalized spacial score (nSPS) is 10.9. The van der Waals surface area contributed by atoms with E-state index in [0.717, 1.165) is 15.6 Å². The Hall–Kier alpha value is -3.43. The fourth-order valence-corrected chi connectivity index (χ4v) is 3.56. The molecule has 0 atom stereocenters. The monoisotopic (exact) mass is 479 g/mol. The molecule has 0 fully saturated rings. The van der Waals surface area contributed by atoms with Crippen molar-refractivity contribution in [3.63, 3.8) is 0 Å². The van der Waals surface area contributed by atoms with Crippen LogP contribution in [0.25, 0.3) is 11.6 Å². The lowest BCUT2D eigenvalue weighted by molar-refractivity contribution is 0.284. The fraction of sp³-hybridized carbons (Fsp3) is 0.160. The van der Waals surface area contributed by atoms with E-state index < -0.39 is 0 Å². The van der Waals surface area contributed by atoms with Crippen LogP contribution in [0.1, 0.15) is 16.7 Å². The van der Waals surface area contributed by atoms with Crippen LogP contribution in [0, 0.1) is 11.3 Å². The van der Waals surface area contributed by atoms with Crippen LogP contribution < -0.4 is 18.9 Å². The molecule has 3 rings (SSSR count). The van der Waals surface area contributed by atoms with Crippen molar-refractivity contribution < 1.29 is 18.9 Å². The molecule has 6 heteroatoms. The minimum atomic E-state index is 0.412. The molecule has 158 valence electrons. The summed E-state index contributed by atoms with van der Waals surface area (Å²) in [5.74, 6) is 2.35. The van der Waals surface area contributed by atoms with Crippen molar-refractivity contribution in [1.29, 1.82) is 5.26 Å². The Morgan fingerprint density at radius 1 is 0.871 bits per heavy atom. The van der Waals surface area contributed by atoms with Crippen molar-refractivity contribution in [2.75, 3.05) is 21.3 Å². The molecule has 3 aromatic carbocycles. The highest BCUT2D eigenvalue weighted by molar-refractivity contribution is 9.10. The lowest BCUT2D eigenvalue weighted by atomic mass is 10.0. The molecule has 0 heterocycles. The average Bonchev–Trinajstić information content (AvgIpc) is 2.82. The Bertz CT molecular complexity index is 1120. The van der Waals surface area contributed by atoms with Crippen LogP contribution >= 0.6 is 15.9 Å². The Morgan fingerprint density at radius 2 is 1.55 bits per heavy atom. The molecule has 3 aromatic rings. The SMILES string of the molecule is COc1ccc(/C=C(\C#N)c2cc(OC)c(OCc3ccccc3)cc2Br)cc1OC. The predicted molar refractivity (Wildman–Crippen MR) is 124 cm³/mol. The van der Waals surface area contributed by atoms with E-state index in [-0.39, 0.29) is 0 Å². The van der Waals surface area contributed by atoms with Crippen molar-refractivity contribution in [2.24, 2.45) is 0 Å². The van der Waals surface area contributed by atoms with Crippen LogP contribution in [-0.2, 0) is 6.61 Å². The topological polar surface area (TPSA) is 60.7 Å². The molecule has 0 bridgehead atoms. The summed E-state index contributed by atoms with van der Waals surface area (Å²) in [4.78, 5) is 0. The highest BCUT2D eigenvalue weighted by atomic mass is 79.9. The van der Waals surface area contributed by atoms with Gasteiger partial charge >= 0.3 is 0 Å². The summed E-state index contributed by atoms with van der Waals surface area (Å²) < 4.78 is 22.8. The van der Waals surface area contributed by atoms with Crippen LogP contribution in [0.5, 0.6) is 23.0 Å². The number of ether oxygens (including phenoxy) is 4. The Kier molecular flexibility index (Phi) is 7.58. The minimum absolute atomic E-state index is 0.412. The molecule has 0 aliphatic carbocycles. The maximum Gasteiger partial charge on any atom is 0.162 e. The van der Waals surface area contributed by atoms with Gasteiger partial charge in [0.2, 0.25) is 0 Å². The standard InChI is InChI=1S/C25H22BrNO4/c1-28-22-10-9-18(12-23(22)29-2)11-19(15-27)20-13-24(30-3)25(14-21(20)26)31-16-17-7-5-4-6-8-17/h4-14H,16H2,1-3H3/b19-11+. The Labute approximate surface area is 190 Å². The number of hydrogen-bond donors (Lipinski definition) is 0. The molecule has 0 amide bonds. The van der Waals surface area contributed by atoms with E-state index in [1.165, 1.54) is 0 Å².